The van der Waals surface area contributed by atoms with Crippen molar-refractivity contribution >= 4 is 29.2 Å². The number of halogens is 2. The summed E-state index contributed by atoms with van der Waals surface area (Å²) in [6, 6.07) is 5.26. The fourth-order valence-corrected chi connectivity index (χ4v) is 2.06. The van der Waals surface area contributed by atoms with E-state index in [1.54, 1.807) is 12.1 Å². The van der Waals surface area contributed by atoms with E-state index in [1.165, 1.54) is 0 Å². The molecule has 94 valence electrons. The lowest BCUT2D eigenvalue weighted by Crippen LogP contribution is -2.13. The van der Waals surface area contributed by atoms with E-state index in [2.05, 4.69) is 0 Å². The maximum absolute atomic E-state index is 10.8. The van der Waals surface area contributed by atoms with Crippen LogP contribution in [-0.4, -0.2) is 27.9 Å². The average molecular weight is 277 g/mol. The number of aliphatic hydroxyl groups is 1. The molecule has 1 aromatic rings. The van der Waals surface area contributed by atoms with E-state index < -0.39 is 12.1 Å². The number of hydrogen-bond donors (Lipinski definition) is 2. The van der Waals surface area contributed by atoms with Gasteiger partial charge in [0.15, 0.2) is 6.10 Å². The summed E-state index contributed by atoms with van der Waals surface area (Å²) in [4.78, 5) is 10.8. The first kappa shape index (κ1) is 14.3. The number of carbonyl (C=O) groups is 1. The fourth-order valence-electron chi connectivity index (χ4n) is 1.64. The van der Waals surface area contributed by atoms with E-state index in [9.17, 15) is 9.90 Å². The summed E-state index contributed by atoms with van der Waals surface area (Å²) in [6.07, 6.45) is -0.268. The highest BCUT2D eigenvalue weighted by atomic mass is 35.5. The normalized spacial score (nSPS) is 12.4. The van der Waals surface area contributed by atoms with Crippen LogP contribution < -0.4 is 0 Å². The van der Waals surface area contributed by atoms with Gasteiger partial charge in [-0.1, -0.05) is 18.2 Å². The molecular weight excluding hydrogens is 263 g/mol. The summed E-state index contributed by atoms with van der Waals surface area (Å²) in [7, 11) is 0. The maximum Gasteiger partial charge on any atom is 0.337 e. The zero-order valence-electron chi connectivity index (χ0n) is 9.20. The summed E-state index contributed by atoms with van der Waals surface area (Å²) >= 11 is 11.3. The van der Waals surface area contributed by atoms with E-state index in [4.69, 9.17) is 28.3 Å². The summed E-state index contributed by atoms with van der Waals surface area (Å²) in [6.45, 7) is 0. The molecule has 0 aliphatic rings. The summed E-state index contributed by atoms with van der Waals surface area (Å²) in [5.74, 6) is -0.379. The molecule has 0 heterocycles. The van der Waals surface area contributed by atoms with Crippen molar-refractivity contribution in [3.05, 3.63) is 34.9 Å². The fraction of sp³-hybridized carbons (Fsp3) is 0.417. The molecule has 0 spiro atoms. The number of hydrogen-bond acceptors (Lipinski definition) is 2. The molecule has 1 atom stereocenters. The van der Waals surface area contributed by atoms with Crippen LogP contribution in [0.25, 0.3) is 0 Å². The van der Waals surface area contributed by atoms with Gasteiger partial charge in [0.05, 0.1) is 0 Å². The van der Waals surface area contributed by atoms with Crippen LogP contribution in [0.2, 0.25) is 0 Å². The van der Waals surface area contributed by atoms with Crippen LogP contribution in [0.4, 0.5) is 0 Å². The largest absolute Gasteiger partial charge is 0.479 e. The minimum atomic E-state index is -1.50. The van der Waals surface area contributed by atoms with Crippen molar-refractivity contribution in [3.63, 3.8) is 0 Å². The van der Waals surface area contributed by atoms with E-state index in [-0.39, 0.29) is 0 Å². The first-order chi connectivity index (χ1) is 8.10. The molecule has 0 unspecified atom stereocenters. The predicted molar refractivity (Wildman–Crippen MR) is 67.9 cm³/mol. The smallest absolute Gasteiger partial charge is 0.337 e. The Morgan fingerprint density at radius 1 is 1.24 bits per heavy atom. The number of alkyl halides is 2. The number of carboxylic acid groups (broad SMARTS) is 1. The van der Waals surface area contributed by atoms with Gasteiger partial charge < -0.3 is 10.2 Å². The highest BCUT2D eigenvalue weighted by Crippen LogP contribution is 2.21. The van der Waals surface area contributed by atoms with Crippen molar-refractivity contribution < 1.29 is 15.0 Å². The molecule has 0 bridgehead atoms. The SMILES string of the molecule is O=C(O)[C@H](O)c1ccc(CCCl)cc1CCCl. The Morgan fingerprint density at radius 3 is 2.41 bits per heavy atom. The summed E-state index contributed by atoms with van der Waals surface area (Å²) in [5, 5.41) is 18.4. The third kappa shape index (κ3) is 3.87. The van der Waals surface area contributed by atoms with Gasteiger partial charge in [-0.05, 0) is 29.5 Å². The minimum Gasteiger partial charge on any atom is -0.479 e. The zero-order chi connectivity index (χ0) is 12.8. The van der Waals surface area contributed by atoms with Crippen molar-refractivity contribution in [2.75, 3.05) is 11.8 Å². The third-order valence-corrected chi connectivity index (χ3v) is 2.86. The van der Waals surface area contributed by atoms with Crippen LogP contribution in [0.15, 0.2) is 18.2 Å². The van der Waals surface area contributed by atoms with E-state index >= 15 is 0 Å². The second-order valence-electron chi connectivity index (χ2n) is 3.65. The van der Waals surface area contributed by atoms with Crippen molar-refractivity contribution in [2.45, 2.75) is 18.9 Å². The van der Waals surface area contributed by atoms with Gasteiger partial charge in [0.1, 0.15) is 0 Å². The van der Waals surface area contributed by atoms with Gasteiger partial charge in [0, 0.05) is 11.8 Å². The van der Waals surface area contributed by atoms with Crippen LogP contribution >= 0.6 is 23.2 Å². The zero-order valence-corrected chi connectivity index (χ0v) is 10.7. The monoisotopic (exact) mass is 276 g/mol. The van der Waals surface area contributed by atoms with Crippen molar-refractivity contribution in [3.8, 4) is 0 Å². The highest BCUT2D eigenvalue weighted by molar-refractivity contribution is 6.18. The summed E-state index contributed by atoms with van der Waals surface area (Å²) < 4.78 is 0. The molecule has 0 aliphatic carbocycles. The van der Waals surface area contributed by atoms with Gasteiger partial charge in [-0.25, -0.2) is 4.79 Å². The molecule has 2 N–H and O–H groups in total. The van der Waals surface area contributed by atoms with Gasteiger partial charge in [-0.2, -0.15) is 0 Å². The number of benzene rings is 1. The molecule has 1 rings (SSSR count). The Morgan fingerprint density at radius 2 is 1.88 bits per heavy atom. The van der Waals surface area contributed by atoms with Crippen LogP contribution in [0.5, 0.6) is 0 Å². The molecule has 17 heavy (non-hydrogen) atoms. The first-order valence-corrected chi connectivity index (χ1v) is 6.31. The molecule has 5 heteroatoms. The molecule has 0 fully saturated rings. The van der Waals surface area contributed by atoms with E-state index in [1.807, 2.05) is 6.07 Å². The van der Waals surface area contributed by atoms with Crippen LogP contribution in [0, 0.1) is 0 Å². The quantitative estimate of drug-likeness (QED) is 0.785. The van der Waals surface area contributed by atoms with E-state index in [0.717, 1.165) is 11.1 Å². The van der Waals surface area contributed by atoms with E-state index in [0.29, 0.717) is 30.2 Å². The maximum atomic E-state index is 10.8. The molecule has 0 radical (unpaired) electrons. The lowest BCUT2D eigenvalue weighted by atomic mass is 9.97. The van der Waals surface area contributed by atoms with Crippen LogP contribution in [0.1, 0.15) is 22.8 Å². The average Bonchev–Trinajstić information content (AvgIpc) is 2.29. The number of rotatable bonds is 6. The van der Waals surface area contributed by atoms with Crippen molar-refractivity contribution in [1.29, 1.82) is 0 Å². The van der Waals surface area contributed by atoms with Gasteiger partial charge in [-0.3, -0.25) is 0 Å². The Labute approximate surface area is 110 Å². The molecule has 0 amide bonds. The molecule has 0 aromatic heterocycles. The summed E-state index contributed by atoms with van der Waals surface area (Å²) in [5.41, 5.74) is 2.18. The number of aryl methyl sites for hydroxylation is 2. The Hall–Kier alpha value is -0.770. The molecule has 3 nitrogen and oxygen atoms in total. The Kier molecular flexibility index (Phi) is 5.75. The van der Waals surface area contributed by atoms with Crippen molar-refractivity contribution in [2.24, 2.45) is 0 Å². The molecule has 0 aliphatic heterocycles. The van der Waals surface area contributed by atoms with Gasteiger partial charge >= 0.3 is 5.97 Å². The van der Waals surface area contributed by atoms with Crippen LogP contribution in [0.3, 0.4) is 0 Å². The van der Waals surface area contributed by atoms with Gasteiger partial charge in [-0.15, -0.1) is 23.2 Å². The molecule has 0 saturated carbocycles. The standard InChI is InChI=1S/C12H14Cl2O3/c13-5-3-8-1-2-10(11(15)12(16)17)9(7-8)4-6-14/h1-2,7,11,15H,3-6H2,(H,16,17)/t11-/m1/s1. The minimum absolute atomic E-state index is 0.379. The first-order valence-electron chi connectivity index (χ1n) is 5.24. The molecular formula is C12H14Cl2O3. The predicted octanol–water partition coefficient (Wildman–Crippen LogP) is 2.37. The highest BCUT2D eigenvalue weighted by Gasteiger charge is 2.19. The Bertz CT molecular complexity index is 393. The number of aliphatic carboxylic acids is 1. The topological polar surface area (TPSA) is 57.5 Å². The molecule has 1 aromatic carbocycles. The van der Waals surface area contributed by atoms with Crippen molar-refractivity contribution in [1.82, 2.24) is 0 Å². The number of aliphatic hydroxyl groups excluding tert-OH is 1. The van der Waals surface area contributed by atoms with Crippen LogP contribution in [-0.2, 0) is 17.6 Å². The number of carboxylic acids is 1. The third-order valence-electron chi connectivity index (χ3n) is 2.48. The second kappa shape index (κ2) is 6.84. The van der Waals surface area contributed by atoms with Gasteiger partial charge in [0.25, 0.3) is 0 Å². The lowest BCUT2D eigenvalue weighted by molar-refractivity contribution is -0.147. The second-order valence-corrected chi connectivity index (χ2v) is 4.41. The lowest BCUT2D eigenvalue weighted by Gasteiger charge is -2.13. The molecule has 0 saturated heterocycles. The Balaban J connectivity index is 3.07. The van der Waals surface area contributed by atoms with Gasteiger partial charge in [0.2, 0.25) is 0 Å².